The van der Waals surface area contributed by atoms with Gasteiger partial charge in [-0.05, 0) is 72.2 Å². The van der Waals surface area contributed by atoms with Gasteiger partial charge in [0.25, 0.3) is 0 Å². The fraction of sp³-hybridized carbons (Fsp3) is 0.258. The highest BCUT2D eigenvalue weighted by Gasteiger charge is 2.42. The van der Waals surface area contributed by atoms with Crippen LogP contribution in [-0.4, -0.2) is 18.5 Å². The number of halogens is 12. The summed E-state index contributed by atoms with van der Waals surface area (Å²) in [7, 11) is -2.89. The molecule has 3 aromatic rings. The van der Waals surface area contributed by atoms with Crippen molar-refractivity contribution in [2.75, 3.05) is 6.61 Å². The van der Waals surface area contributed by atoms with Crippen molar-refractivity contribution in [1.82, 2.24) is 0 Å². The number of benzene rings is 3. The van der Waals surface area contributed by atoms with Crippen LogP contribution in [0.3, 0.4) is 0 Å². The highest BCUT2D eigenvalue weighted by atomic mass is 31.1. The molecule has 0 saturated carbocycles. The van der Waals surface area contributed by atoms with Crippen molar-refractivity contribution in [2.24, 2.45) is 10.9 Å². The van der Waals surface area contributed by atoms with Gasteiger partial charge in [-0.1, -0.05) is 48.6 Å². The van der Waals surface area contributed by atoms with E-state index in [1.54, 1.807) is 18.2 Å². The molecule has 0 bridgehead atoms. The second-order valence-corrected chi connectivity index (χ2v) is 12.7. The van der Waals surface area contributed by atoms with E-state index in [1.807, 2.05) is 12.1 Å². The standard InChI is InChI=1S/C31H20F12NOP/c32-28(33,34)18-10-19(29(35,36)37)13-23(12-18)46(24-14-20(30(38,39)40)11-21(15-24)31(41,42)43)26-8-4-7-25(26)27-44-22(16-45-27)9-17-5-2-1-3-6-17/h1-8,10-15,22,25H,9,16H2/t22-,25?/m0/s1. The quantitative estimate of drug-likeness (QED) is 0.188. The molecular formula is C31H20F12NOP. The minimum absolute atomic E-state index is 0.0144. The monoisotopic (exact) mass is 681 g/mol. The van der Waals surface area contributed by atoms with Gasteiger partial charge in [-0.25, -0.2) is 4.99 Å². The molecule has 0 amide bonds. The minimum atomic E-state index is -5.33. The molecule has 2 atom stereocenters. The molecule has 46 heavy (non-hydrogen) atoms. The number of hydrogen-bond donors (Lipinski definition) is 0. The molecule has 0 fully saturated rings. The van der Waals surface area contributed by atoms with Crippen molar-refractivity contribution in [2.45, 2.75) is 37.2 Å². The maximum Gasteiger partial charge on any atom is 0.416 e. The molecule has 0 aromatic heterocycles. The van der Waals surface area contributed by atoms with Gasteiger partial charge in [-0.3, -0.25) is 0 Å². The summed E-state index contributed by atoms with van der Waals surface area (Å²) in [5.74, 6) is -1.10. The highest BCUT2D eigenvalue weighted by molar-refractivity contribution is 7.76. The molecule has 3 aromatic carbocycles. The van der Waals surface area contributed by atoms with E-state index in [9.17, 15) is 52.7 Å². The van der Waals surface area contributed by atoms with E-state index in [0.29, 0.717) is 30.7 Å². The van der Waals surface area contributed by atoms with Crippen LogP contribution < -0.4 is 10.6 Å². The Morgan fingerprint density at radius 1 is 0.652 bits per heavy atom. The first-order valence-corrected chi connectivity index (χ1v) is 14.7. The number of ether oxygens (including phenoxy) is 1. The number of rotatable bonds is 6. The molecule has 244 valence electrons. The van der Waals surface area contributed by atoms with Crippen molar-refractivity contribution in [1.29, 1.82) is 0 Å². The molecule has 0 spiro atoms. The molecule has 1 unspecified atom stereocenters. The maximum absolute atomic E-state index is 13.8. The van der Waals surface area contributed by atoms with Gasteiger partial charge in [0, 0.05) is 0 Å². The van der Waals surface area contributed by atoms with Gasteiger partial charge < -0.3 is 4.74 Å². The molecule has 15 heteroatoms. The first kappa shape index (κ1) is 33.6. The van der Waals surface area contributed by atoms with Gasteiger partial charge in [-0.2, -0.15) is 52.7 Å². The van der Waals surface area contributed by atoms with Crippen LogP contribution in [0.2, 0.25) is 0 Å². The van der Waals surface area contributed by atoms with Crippen LogP contribution in [0, 0.1) is 5.92 Å². The topological polar surface area (TPSA) is 21.6 Å². The third-order valence-corrected chi connectivity index (χ3v) is 9.62. The van der Waals surface area contributed by atoms with Crippen molar-refractivity contribution >= 4 is 24.4 Å². The first-order chi connectivity index (χ1) is 21.3. The molecule has 0 saturated heterocycles. The predicted molar refractivity (Wildman–Crippen MR) is 147 cm³/mol. The van der Waals surface area contributed by atoms with E-state index < -0.39 is 77.4 Å². The van der Waals surface area contributed by atoms with Crippen LogP contribution in [0.1, 0.15) is 27.8 Å². The maximum atomic E-state index is 13.8. The van der Waals surface area contributed by atoms with Crippen molar-refractivity contribution in [3.8, 4) is 0 Å². The Morgan fingerprint density at radius 3 is 1.54 bits per heavy atom. The second kappa shape index (κ2) is 12.1. The Bertz CT molecular complexity index is 1540. The van der Waals surface area contributed by atoms with Gasteiger partial charge in [-0.15, -0.1) is 0 Å². The van der Waals surface area contributed by atoms with Crippen molar-refractivity contribution < 1.29 is 57.4 Å². The first-order valence-electron chi connectivity index (χ1n) is 13.3. The lowest BCUT2D eigenvalue weighted by Crippen LogP contribution is -2.25. The van der Waals surface area contributed by atoms with Gasteiger partial charge >= 0.3 is 24.7 Å². The molecule has 2 aliphatic rings. The fourth-order valence-electron chi connectivity index (χ4n) is 5.07. The normalized spacial score (nSPS) is 19.0. The van der Waals surface area contributed by atoms with E-state index in [1.165, 1.54) is 18.2 Å². The van der Waals surface area contributed by atoms with Crippen LogP contribution in [0.4, 0.5) is 52.7 Å². The Morgan fingerprint density at radius 2 is 1.11 bits per heavy atom. The average Bonchev–Trinajstić information content (AvgIpc) is 3.61. The van der Waals surface area contributed by atoms with Crippen LogP contribution in [-0.2, 0) is 35.9 Å². The number of alkyl halides is 12. The van der Waals surface area contributed by atoms with E-state index in [4.69, 9.17) is 4.74 Å². The molecule has 1 heterocycles. The zero-order valence-corrected chi connectivity index (χ0v) is 23.9. The van der Waals surface area contributed by atoms with Crippen LogP contribution in [0.25, 0.3) is 0 Å². The van der Waals surface area contributed by atoms with Crippen LogP contribution >= 0.6 is 7.92 Å². The SMILES string of the molecule is FC(F)(F)c1cc(P(C2=CC=CC2C2=N[C@@H](Cc3ccccc3)CO2)c2cc(C(F)(F)F)cc(C(F)(F)F)c2)cc(C(F)(F)F)c1. The summed E-state index contributed by atoms with van der Waals surface area (Å²) >= 11 is 0. The number of hydrogen-bond acceptors (Lipinski definition) is 2. The Balaban J connectivity index is 1.69. The zero-order valence-electron chi connectivity index (χ0n) is 23.0. The van der Waals surface area contributed by atoms with Crippen molar-refractivity contribution in [3.05, 3.63) is 118 Å². The smallest absolute Gasteiger partial charge is 0.416 e. The molecule has 2 nitrogen and oxygen atoms in total. The summed E-state index contributed by atoms with van der Waals surface area (Å²) in [6, 6.07) is 9.52. The lowest BCUT2D eigenvalue weighted by Gasteiger charge is -2.27. The minimum Gasteiger partial charge on any atom is -0.478 e. The molecule has 1 aliphatic carbocycles. The van der Waals surface area contributed by atoms with Gasteiger partial charge in [0.15, 0.2) is 5.90 Å². The summed E-state index contributed by atoms with van der Waals surface area (Å²) in [4.78, 5) is 4.51. The number of allylic oxidation sites excluding steroid dienone is 2. The Labute approximate surface area is 254 Å². The average molecular weight is 681 g/mol. The summed E-state index contributed by atoms with van der Waals surface area (Å²) in [6.45, 7) is 0.0450. The summed E-state index contributed by atoms with van der Waals surface area (Å²) in [6.07, 6.45) is -16.9. The van der Waals surface area contributed by atoms with Gasteiger partial charge in [0.05, 0.1) is 34.2 Å². The third-order valence-electron chi connectivity index (χ3n) is 7.12. The molecule has 5 rings (SSSR count). The number of nitrogens with zero attached hydrogens (tertiary/aromatic N) is 1. The van der Waals surface area contributed by atoms with Crippen LogP contribution in [0.15, 0.2) is 95.3 Å². The molecule has 1 aliphatic heterocycles. The highest BCUT2D eigenvalue weighted by Crippen LogP contribution is 2.52. The summed E-state index contributed by atoms with van der Waals surface area (Å²) in [5, 5.41) is -1.58. The summed E-state index contributed by atoms with van der Waals surface area (Å²) < 4.78 is 172. The van der Waals surface area contributed by atoms with E-state index in [0.717, 1.165) is 5.56 Å². The predicted octanol–water partition coefficient (Wildman–Crippen LogP) is 9.30. The molecule has 0 radical (unpaired) electrons. The lowest BCUT2D eigenvalue weighted by molar-refractivity contribution is -0.144. The number of aliphatic imine (C=N–C) groups is 1. The second-order valence-electron chi connectivity index (χ2n) is 10.4. The third kappa shape index (κ3) is 7.43. The lowest BCUT2D eigenvalue weighted by atomic mass is 10.1. The van der Waals surface area contributed by atoms with Crippen molar-refractivity contribution in [3.63, 3.8) is 0 Å². The molecular weight excluding hydrogens is 661 g/mol. The summed E-state index contributed by atoms with van der Waals surface area (Å²) in [5.41, 5.74) is -6.20. The Kier molecular flexibility index (Phi) is 8.82. The van der Waals surface area contributed by atoms with Crippen LogP contribution in [0.5, 0.6) is 0 Å². The van der Waals surface area contributed by atoms with Gasteiger partial charge in [0.2, 0.25) is 0 Å². The zero-order chi connectivity index (χ0) is 33.7. The van der Waals surface area contributed by atoms with Gasteiger partial charge in [0.1, 0.15) is 6.61 Å². The molecule has 0 N–H and O–H groups in total. The fourth-order valence-corrected chi connectivity index (χ4v) is 7.75. The van der Waals surface area contributed by atoms with E-state index in [-0.39, 0.29) is 30.0 Å². The largest absolute Gasteiger partial charge is 0.478 e. The van der Waals surface area contributed by atoms with E-state index >= 15 is 0 Å². The Hall–Kier alpha value is -3.80. The van der Waals surface area contributed by atoms with E-state index in [2.05, 4.69) is 4.99 Å².